The number of nitrogens with one attached hydrogen (secondary N) is 2. The maximum atomic E-state index is 9.60. The third kappa shape index (κ3) is 5.71. The zero-order valence-electron chi connectivity index (χ0n) is 14.1. The van der Waals surface area contributed by atoms with Crippen LogP contribution in [0, 0.1) is 0 Å². The third-order valence-electron chi connectivity index (χ3n) is 3.92. The van der Waals surface area contributed by atoms with Gasteiger partial charge in [0.2, 0.25) is 5.88 Å². The van der Waals surface area contributed by atoms with Crippen LogP contribution in [-0.2, 0) is 6.54 Å². The smallest absolute Gasteiger partial charge is 0.218 e. The Bertz CT molecular complexity index is 499. The number of pyridine rings is 1. The lowest BCUT2D eigenvalue weighted by atomic mass is 9.93. The molecule has 1 aromatic rings. The maximum Gasteiger partial charge on any atom is 0.218 e. The van der Waals surface area contributed by atoms with Gasteiger partial charge in [0.05, 0.1) is 19.3 Å². The van der Waals surface area contributed by atoms with Gasteiger partial charge in [0.15, 0.2) is 5.96 Å². The molecule has 2 rings (SSSR count). The average Bonchev–Trinajstić information content (AvgIpc) is 2.56. The van der Waals surface area contributed by atoms with E-state index in [-0.39, 0.29) is 6.10 Å². The molecule has 0 bridgehead atoms. The molecule has 0 spiro atoms. The first-order valence-electron chi connectivity index (χ1n) is 8.52. The summed E-state index contributed by atoms with van der Waals surface area (Å²) in [5.74, 6) is 1.45. The normalized spacial score (nSPS) is 21.8. The molecule has 1 heterocycles. The Morgan fingerprint density at radius 3 is 2.83 bits per heavy atom. The highest BCUT2D eigenvalue weighted by Gasteiger charge is 2.20. The molecule has 1 aliphatic carbocycles. The van der Waals surface area contributed by atoms with Crippen molar-refractivity contribution >= 4 is 5.96 Å². The molecule has 0 atom stereocenters. The second-order valence-corrected chi connectivity index (χ2v) is 5.75. The quantitative estimate of drug-likeness (QED) is 0.550. The molecule has 0 unspecified atom stereocenters. The number of hydrogen-bond acceptors (Lipinski definition) is 4. The van der Waals surface area contributed by atoms with Gasteiger partial charge in [-0.2, -0.15) is 0 Å². The highest BCUT2D eigenvalue weighted by atomic mass is 16.5. The Labute approximate surface area is 138 Å². The van der Waals surface area contributed by atoms with Gasteiger partial charge >= 0.3 is 0 Å². The number of guanidine groups is 1. The zero-order chi connectivity index (χ0) is 16.5. The highest BCUT2D eigenvalue weighted by Crippen LogP contribution is 2.18. The summed E-state index contributed by atoms with van der Waals surface area (Å²) in [4.78, 5) is 8.91. The molecule has 3 N–H and O–H groups in total. The lowest BCUT2D eigenvalue weighted by Gasteiger charge is -2.27. The van der Waals surface area contributed by atoms with Crippen LogP contribution in [0.3, 0.4) is 0 Å². The number of aromatic nitrogens is 1. The first-order chi connectivity index (χ1) is 11.2. The van der Waals surface area contributed by atoms with Gasteiger partial charge in [0.25, 0.3) is 0 Å². The number of aliphatic imine (C=N–C) groups is 1. The Kier molecular flexibility index (Phi) is 7.13. The Balaban J connectivity index is 1.98. The number of rotatable bonds is 6. The molecule has 1 saturated carbocycles. The summed E-state index contributed by atoms with van der Waals surface area (Å²) < 4.78 is 5.54. The van der Waals surface area contributed by atoms with Gasteiger partial charge in [-0.05, 0) is 45.6 Å². The van der Waals surface area contributed by atoms with Crippen LogP contribution in [0.15, 0.2) is 23.3 Å². The molecule has 6 heteroatoms. The van der Waals surface area contributed by atoms with Gasteiger partial charge in [0.1, 0.15) is 0 Å². The first kappa shape index (κ1) is 17.5. The zero-order valence-corrected chi connectivity index (χ0v) is 14.1. The van der Waals surface area contributed by atoms with Crippen LogP contribution in [0.4, 0.5) is 0 Å². The summed E-state index contributed by atoms with van der Waals surface area (Å²) >= 11 is 0. The van der Waals surface area contributed by atoms with Crippen molar-refractivity contribution < 1.29 is 9.84 Å². The van der Waals surface area contributed by atoms with E-state index < -0.39 is 0 Å². The molecule has 0 amide bonds. The van der Waals surface area contributed by atoms with Gasteiger partial charge in [-0.1, -0.05) is 6.07 Å². The van der Waals surface area contributed by atoms with E-state index in [0.29, 0.717) is 25.1 Å². The van der Waals surface area contributed by atoms with Crippen molar-refractivity contribution in [1.29, 1.82) is 0 Å². The van der Waals surface area contributed by atoms with Crippen molar-refractivity contribution in [3.63, 3.8) is 0 Å². The summed E-state index contributed by atoms with van der Waals surface area (Å²) in [6.45, 7) is 5.93. The van der Waals surface area contributed by atoms with Gasteiger partial charge in [-0.3, -0.25) is 0 Å². The van der Waals surface area contributed by atoms with Crippen LogP contribution in [-0.4, -0.2) is 41.3 Å². The van der Waals surface area contributed by atoms with Crippen molar-refractivity contribution in [3.8, 4) is 5.88 Å². The lowest BCUT2D eigenvalue weighted by Crippen LogP contribution is -2.45. The molecule has 23 heavy (non-hydrogen) atoms. The Hall–Kier alpha value is -1.82. The van der Waals surface area contributed by atoms with Crippen LogP contribution < -0.4 is 15.4 Å². The molecular formula is C17H28N4O2. The van der Waals surface area contributed by atoms with E-state index in [1.54, 1.807) is 6.20 Å². The minimum atomic E-state index is -0.142. The summed E-state index contributed by atoms with van der Waals surface area (Å²) in [5.41, 5.74) is 0.977. The minimum Gasteiger partial charge on any atom is -0.478 e. The van der Waals surface area contributed by atoms with E-state index in [0.717, 1.165) is 43.8 Å². The topological polar surface area (TPSA) is 78.8 Å². The third-order valence-corrected chi connectivity index (χ3v) is 3.92. The summed E-state index contributed by atoms with van der Waals surface area (Å²) in [5, 5.41) is 16.3. The second kappa shape index (κ2) is 9.35. The molecule has 128 valence electrons. The standard InChI is InChI=1S/C17H28N4O2/c1-3-18-17(21-14-7-9-15(22)10-8-14)20-12-13-6-5-11-19-16(13)23-4-2/h5-6,11,14-15,22H,3-4,7-10,12H2,1-2H3,(H2,18,20,21). The van der Waals surface area contributed by atoms with Crippen LogP contribution in [0.2, 0.25) is 0 Å². The Morgan fingerprint density at radius 2 is 2.13 bits per heavy atom. The van der Waals surface area contributed by atoms with Crippen molar-refractivity contribution in [1.82, 2.24) is 15.6 Å². The first-order valence-corrected chi connectivity index (χ1v) is 8.52. The van der Waals surface area contributed by atoms with Gasteiger partial charge in [0, 0.05) is 24.3 Å². The van der Waals surface area contributed by atoms with Crippen LogP contribution in [0.25, 0.3) is 0 Å². The molecule has 0 radical (unpaired) electrons. The fraction of sp³-hybridized carbons (Fsp3) is 0.647. The molecule has 0 aromatic carbocycles. The van der Waals surface area contributed by atoms with Gasteiger partial charge in [-0.25, -0.2) is 9.98 Å². The van der Waals surface area contributed by atoms with E-state index in [9.17, 15) is 5.11 Å². The summed E-state index contributed by atoms with van der Waals surface area (Å²) in [6, 6.07) is 4.26. The summed E-state index contributed by atoms with van der Waals surface area (Å²) in [7, 11) is 0. The van der Waals surface area contributed by atoms with Crippen molar-refractivity contribution in [2.75, 3.05) is 13.2 Å². The molecule has 0 saturated heterocycles. The molecular weight excluding hydrogens is 292 g/mol. The van der Waals surface area contributed by atoms with E-state index in [1.165, 1.54) is 0 Å². The largest absolute Gasteiger partial charge is 0.478 e. The van der Waals surface area contributed by atoms with Crippen molar-refractivity contribution in [2.24, 2.45) is 4.99 Å². The lowest BCUT2D eigenvalue weighted by molar-refractivity contribution is 0.120. The van der Waals surface area contributed by atoms with Crippen LogP contribution >= 0.6 is 0 Å². The van der Waals surface area contributed by atoms with Crippen LogP contribution in [0.1, 0.15) is 45.1 Å². The predicted molar refractivity (Wildman–Crippen MR) is 91.6 cm³/mol. The predicted octanol–water partition coefficient (Wildman–Crippen LogP) is 1.84. The van der Waals surface area contributed by atoms with E-state index >= 15 is 0 Å². The number of ether oxygens (including phenoxy) is 1. The van der Waals surface area contributed by atoms with Gasteiger partial charge in [-0.15, -0.1) is 0 Å². The SMILES string of the molecule is CCNC(=NCc1cccnc1OCC)NC1CCC(O)CC1. The summed E-state index contributed by atoms with van der Waals surface area (Å²) in [6.07, 6.45) is 5.25. The average molecular weight is 320 g/mol. The van der Waals surface area contributed by atoms with Crippen molar-refractivity contribution in [3.05, 3.63) is 23.9 Å². The number of aliphatic hydroxyl groups excluding tert-OH is 1. The second-order valence-electron chi connectivity index (χ2n) is 5.75. The number of hydrogen-bond donors (Lipinski definition) is 3. The van der Waals surface area contributed by atoms with E-state index in [4.69, 9.17) is 4.74 Å². The molecule has 1 aliphatic rings. The van der Waals surface area contributed by atoms with E-state index in [2.05, 4.69) is 27.5 Å². The van der Waals surface area contributed by atoms with E-state index in [1.807, 2.05) is 19.1 Å². The van der Waals surface area contributed by atoms with Crippen molar-refractivity contribution in [2.45, 2.75) is 58.2 Å². The number of aliphatic hydroxyl groups is 1. The fourth-order valence-electron chi connectivity index (χ4n) is 2.71. The molecule has 1 fully saturated rings. The fourth-order valence-corrected chi connectivity index (χ4v) is 2.71. The maximum absolute atomic E-state index is 9.60. The molecule has 0 aliphatic heterocycles. The molecule has 1 aromatic heterocycles. The Morgan fingerprint density at radius 1 is 1.35 bits per heavy atom. The van der Waals surface area contributed by atoms with Gasteiger partial charge < -0.3 is 20.5 Å². The molecule has 6 nitrogen and oxygen atoms in total. The highest BCUT2D eigenvalue weighted by molar-refractivity contribution is 5.80. The minimum absolute atomic E-state index is 0.142. The number of nitrogens with zero attached hydrogens (tertiary/aromatic N) is 2. The monoisotopic (exact) mass is 320 g/mol. The van der Waals surface area contributed by atoms with Crippen LogP contribution in [0.5, 0.6) is 5.88 Å².